The second-order valence-electron chi connectivity index (χ2n) is 5.43. The number of carboxylic acid groups (broad SMARTS) is 1. The van der Waals surface area contributed by atoms with E-state index in [4.69, 9.17) is 5.11 Å². The third-order valence-electron chi connectivity index (χ3n) is 3.42. The maximum atomic E-state index is 12.1. The lowest BCUT2D eigenvalue weighted by Crippen LogP contribution is -2.37. The Kier molecular flexibility index (Phi) is 6.37. The van der Waals surface area contributed by atoms with Crippen molar-refractivity contribution < 1.29 is 14.7 Å². The van der Waals surface area contributed by atoms with Gasteiger partial charge in [0, 0.05) is 12.2 Å². The molecule has 1 amide bonds. The van der Waals surface area contributed by atoms with Crippen LogP contribution in [-0.4, -0.2) is 41.5 Å². The monoisotopic (exact) mass is 292 g/mol. The fourth-order valence-corrected chi connectivity index (χ4v) is 2.12. The number of hydrogen-bond donors (Lipinski definition) is 2. The summed E-state index contributed by atoms with van der Waals surface area (Å²) in [4.78, 5) is 24.8. The van der Waals surface area contributed by atoms with Crippen molar-refractivity contribution in [2.45, 2.75) is 27.7 Å². The highest BCUT2D eigenvalue weighted by Crippen LogP contribution is 2.16. The molecule has 0 aromatic heterocycles. The van der Waals surface area contributed by atoms with Crippen molar-refractivity contribution in [2.75, 3.05) is 25.0 Å². The SMILES string of the molecule is CCN(CC(=O)Nc1ccc(C)cc1C)CC(C)C(=O)O. The van der Waals surface area contributed by atoms with Gasteiger partial charge in [-0.1, -0.05) is 31.5 Å². The first kappa shape index (κ1) is 17.2. The number of carbonyl (C=O) groups excluding carboxylic acids is 1. The number of likely N-dealkylation sites (N-methyl/N-ethyl adjacent to an activating group) is 1. The maximum absolute atomic E-state index is 12.1. The molecule has 1 atom stereocenters. The molecule has 0 aliphatic rings. The van der Waals surface area contributed by atoms with Gasteiger partial charge in [-0.15, -0.1) is 0 Å². The van der Waals surface area contributed by atoms with Crippen LogP contribution in [0.5, 0.6) is 0 Å². The lowest BCUT2D eigenvalue weighted by molar-refractivity contribution is -0.142. The van der Waals surface area contributed by atoms with Crippen LogP contribution in [0.15, 0.2) is 18.2 Å². The Morgan fingerprint density at radius 1 is 1.33 bits per heavy atom. The van der Waals surface area contributed by atoms with Crippen LogP contribution in [0.25, 0.3) is 0 Å². The first-order valence-electron chi connectivity index (χ1n) is 7.15. The van der Waals surface area contributed by atoms with Gasteiger partial charge in [-0.2, -0.15) is 0 Å². The second kappa shape index (κ2) is 7.78. The number of hydrogen-bond acceptors (Lipinski definition) is 3. The fourth-order valence-electron chi connectivity index (χ4n) is 2.12. The highest BCUT2D eigenvalue weighted by Gasteiger charge is 2.17. The number of aryl methyl sites for hydroxylation is 2. The van der Waals surface area contributed by atoms with Crippen molar-refractivity contribution in [1.82, 2.24) is 4.90 Å². The van der Waals surface area contributed by atoms with Crippen LogP contribution in [0.1, 0.15) is 25.0 Å². The first-order chi connectivity index (χ1) is 9.83. The van der Waals surface area contributed by atoms with E-state index < -0.39 is 11.9 Å². The van der Waals surface area contributed by atoms with Crippen molar-refractivity contribution in [3.8, 4) is 0 Å². The van der Waals surface area contributed by atoms with Crippen molar-refractivity contribution in [3.05, 3.63) is 29.3 Å². The minimum Gasteiger partial charge on any atom is -0.481 e. The minimum atomic E-state index is -0.844. The third-order valence-corrected chi connectivity index (χ3v) is 3.42. The van der Waals surface area contributed by atoms with E-state index in [2.05, 4.69) is 5.32 Å². The molecule has 1 aromatic rings. The molecule has 1 aromatic carbocycles. The largest absolute Gasteiger partial charge is 0.481 e. The van der Waals surface area contributed by atoms with Gasteiger partial charge in [0.2, 0.25) is 5.91 Å². The number of carbonyl (C=O) groups is 2. The Hall–Kier alpha value is -1.88. The fraction of sp³-hybridized carbons (Fsp3) is 0.500. The number of rotatable bonds is 7. The Bertz CT molecular complexity index is 514. The molecule has 0 heterocycles. The van der Waals surface area contributed by atoms with Gasteiger partial charge in [-0.05, 0) is 32.0 Å². The number of nitrogens with one attached hydrogen (secondary N) is 1. The molecule has 0 bridgehead atoms. The summed E-state index contributed by atoms with van der Waals surface area (Å²) in [6.07, 6.45) is 0. The summed E-state index contributed by atoms with van der Waals surface area (Å²) in [7, 11) is 0. The molecule has 5 heteroatoms. The van der Waals surface area contributed by atoms with E-state index in [1.807, 2.05) is 43.9 Å². The molecule has 0 saturated heterocycles. The smallest absolute Gasteiger partial charge is 0.307 e. The van der Waals surface area contributed by atoms with Gasteiger partial charge in [-0.25, -0.2) is 0 Å². The summed E-state index contributed by atoms with van der Waals surface area (Å²) in [5.74, 6) is -1.46. The van der Waals surface area contributed by atoms with Crippen LogP contribution in [0, 0.1) is 19.8 Å². The van der Waals surface area contributed by atoms with E-state index in [0.717, 1.165) is 16.8 Å². The predicted molar refractivity (Wildman–Crippen MR) is 83.5 cm³/mol. The van der Waals surface area contributed by atoms with Gasteiger partial charge < -0.3 is 10.4 Å². The minimum absolute atomic E-state index is 0.124. The van der Waals surface area contributed by atoms with E-state index in [1.165, 1.54) is 0 Å². The van der Waals surface area contributed by atoms with E-state index in [9.17, 15) is 9.59 Å². The van der Waals surface area contributed by atoms with E-state index >= 15 is 0 Å². The molecule has 0 aliphatic carbocycles. The Labute approximate surface area is 126 Å². The first-order valence-corrected chi connectivity index (χ1v) is 7.15. The maximum Gasteiger partial charge on any atom is 0.307 e. The number of amides is 1. The van der Waals surface area contributed by atoms with Gasteiger partial charge in [-0.3, -0.25) is 14.5 Å². The molecule has 0 radical (unpaired) electrons. The van der Waals surface area contributed by atoms with Gasteiger partial charge in [0.25, 0.3) is 0 Å². The number of aliphatic carboxylic acids is 1. The molecule has 5 nitrogen and oxygen atoms in total. The predicted octanol–water partition coefficient (Wildman–Crippen LogP) is 2.28. The lowest BCUT2D eigenvalue weighted by atomic mass is 10.1. The summed E-state index contributed by atoms with van der Waals surface area (Å²) in [5.41, 5.74) is 2.97. The summed E-state index contributed by atoms with van der Waals surface area (Å²) in [6, 6.07) is 5.85. The summed E-state index contributed by atoms with van der Waals surface area (Å²) in [6.45, 7) is 8.72. The molecule has 2 N–H and O–H groups in total. The van der Waals surface area contributed by atoms with Crippen LogP contribution in [0.2, 0.25) is 0 Å². The second-order valence-corrected chi connectivity index (χ2v) is 5.43. The standard InChI is InChI=1S/C16H24N2O3/c1-5-18(9-13(4)16(20)21)10-15(19)17-14-7-6-11(2)8-12(14)3/h6-8,13H,5,9-10H2,1-4H3,(H,17,19)(H,20,21). The lowest BCUT2D eigenvalue weighted by Gasteiger charge is -2.22. The normalized spacial score (nSPS) is 12.2. The molecule has 0 saturated carbocycles. The topological polar surface area (TPSA) is 69.6 Å². The van der Waals surface area contributed by atoms with Gasteiger partial charge in [0.05, 0.1) is 12.5 Å². The summed E-state index contributed by atoms with van der Waals surface area (Å²) >= 11 is 0. The highest BCUT2D eigenvalue weighted by molar-refractivity contribution is 5.93. The van der Waals surface area contributed by atoms with E-state index in [-0.39, 0.29) is 12.5 Å². The van der Waals surface area contributed by atoms with Gasteiger partial charge >= 0.3 is 5.97 Å². The van der Waals surface area contributed by atoms with Crippen LogP contribution >= 0.6 is 0 Å². The van der Waals surface area contributed by atoms with Gasteiger partial charge in [0.1, 0.15) is 0 Å². The van der Waals surface area contributed by atoms with Crippen molar-refractivity contribution in [2.24, 2.45) is 5.92 Å². The number of benzene rings is 1. The van der Waals surface area contributed by atoms with Crippen LogP contribution in [-0.2, 0) is 9.59 Å². The summed E-state index contributed by atoms with van der Waals surface area (Å²) < 4.78 is 0. The molecular weight excluding hydrogens is 268 g/mol. The zero-order chi connectivity index (χ0) is 16.0. The molecule has 0 spiro atoms. The summed E-state index contributed by atoms with van der Waals surface area (Å²) in [5, 5.41) is 11.8. The number of carboxylic acids is 1. The zero-order valence-corrected chi connectivity index (χ0v) is 13.1. The van der Waals surface area contributed by atoms with Gasteiger partial charge in [0.15, 0.2) is 0 Å². The van der Waals surface area contributed by atoms with Crippen molar-refractivity contribution in [1.29, 1.82) is 0 Å². The van der Waals surface area contributed by atoms with Crippen molar-refractivity contribution in [3.63, 3.8) is 0 Å². The molecule has 116 valence electrons. The third kappa shape index (κ3) is 5.55. The van der Waals surface area contributed by atoms with Crippen LogP contribution < -0.4 is 5.32 Å². The molecule has 21 heavy (non-hydrogen) atoms. The van der Waals surface area contributed by atoms with E-state index in [0.29, 0.717) is 13.1 Å². The van der Waals surface area contributed by atoms with E-state index in [1.54, 1.807) is 6.92 Å². The van der Waals surface area contributed by atoms with Crippen molar-refractivity contribution >= 4 is 17.6 Å². The highest BCUT2D eigenvalue weighted by atomic mass is 16.4. The number of anilines is 1. The Balaban J connectivity index is 2.60. The van der Waals surface area contributed by atoms with Crippen LogP contribution in [0.4, 0.5) is 5.69 Å². The molecular formula is C16H24N2O3. The average Bonchev–Trinajstić information content (AvgIpc) is 2.40. The zero-order valence-electron chi connectivity index (χ0n) is 13.1. The Morgan fingerprint density at radius 2 is 2.00 bits per heavy atom. The Morgan fingerprint density at radius 3 is 2.52 bits per heavy atom. The average molecular weight is 292 g/mol. The van der Waals surface area contributed by atoms with Crippen LogP contribution in [0.3, 0.4) is 0 Å². The quantitative estimate of drug-likeness (QED) is 0.809. The molecule has 0 fully saturated rings. The number of nitrogens with zero attached hydrogens (tertiary/aromatic N) is 1. The molecule has 0 aliphatic heterocycles. The molecule has 1 unspecified atom stereocenters. The molecule has 1 rings (SSSR count).